The predicted molar refractivity (Wildman–Crippen MR) is 80.5 cm³/mol. The largest absolute Gasteiger partial charge is 0.467 e. The van der Waals surface area contributed by atoms with E-state index in [1.807, 2.05) is 13.8 Å². The Morgan fingerprint density at radius 2 is 1.95 bits per heavy atom. The van der Waals surface area contributed by atoms with Gasteiger partial charge in [0.25, 0.3) is 0 Å². The minimum absolute atomic E-state index is 0.438. The quantitative estimate of drug-likeness (QED) is 0.777. The summed E-state index contributed by atoms with van der Waals surface area (Å²) in [5, 5.41) is 0.961. The van der Waals surface area contributed by atoms with Crippen molar-refractivity contribution in [2.24, 2.45) is 0 Å². The minimum atomic E-state index is -0.839. The number of ether oxygens (including phenoxy) is 3. The van der Waals surface area contributed by atoms with Crippen LogP contribution in [0.4, 0.5) is 0 Å². The van der Waals surface area contributed by atoms with Crippen LogP contribution in [0.2, 0.25) is 10.0 Å². The normalized spacial score (nSPS) is 24.0. The van der Waals surface area contributed by atoms with Crippen LogP contribution in [0.1, 0.15) is 38.4 Å². The molecule has 0 N–H and O–H groups in total. The lowest BCUT2D eigenvalue weighted by molar-refractivity contribution is -0.187. The Morgan fingerprint density at radius 3 is 2.48 bits per heavy atom. The first-order valence-electron chi connectivity index (χ1n) is 6.84. The fourth-order valence-electron chi connectivity index (χ4n) is 2.44. The molecule has 2 unspecified atom stereocenters. The molecule has 0 aromatic heterocycles. The average molecular weight is 333 g/mol. The molecule has 0 bridgehead atoms. The minimum Gasteiger partial charge on any atom is -0.467 e. The van der Waals surface area contributed by atoms with E-state index in [4.69, 9.17) is 37.4 Å². The summed E-state index contributed by atoms with van der Waals surface area (Å²) >= 11 is 12.1. The summed E-state index contributed by atoms with van der Waals surface area (Å²) in [7, 11) is 1.32. The van der Waals surface area contributed by atoms with Gasteiger partial charge in [-0.3, -0.25) is 0 Å². The van der Waals surface area contributed by atoms with Crippen LogP contribution in [0.15, 0.2) is 18.2 Å². The van der Waals surface area contributed by atoms with Crippen LogP contribution in [0, 0.1) is 0 Å². The van der Waals surface area contributed by atoms with Crippen molar-refractivity contribution in [2.45, 2.75) is 44.7 Å². The number of benzene rings is 1. The third-order valence-electron chi connectivity index (χ3n) is 3.74. The Kier molecular flexibility index (Phi) is 5.15. The highest BCUT2D eigenvalue weighted by atomic mass is 35.5. The first-order chi connectivity index (χ1) is 9.96. The molecule has 6 heteroatoms. The second kappa shape index (κ2) is 6.53. The van der Waals surface area contributed by atoms with E-state index in [1.165, 1.54) is 7.11 Å². The lowest BCUT2D eigenvalue weighted by atomic mass is 10.0. The van der Waals surface area contributed by atoms with Gasteiger partial charge in [0, 0.05) is 15.6 Å². The number of hydrogen-bond donors (Lipinski definition) is 0. The van der Waals surface area contributed by atoms with E-state index < -0.39 is 24.0 Å². The van der Waals surface area contributed by atoms with Gasteiger partial charge >= 0.3 is 5.97 Å². The monoisotopic (exact) mass is 332 g/mol. The molecule has 1 aromatic rings. The molecule has 0 radical (unpaired) electrons. The molecule has 4 nitrogen and oxygen atoms in total. The second-order valence-electron chi connectivity index (χ2n) is 4.88. The molecule has 116 valence electrons. The summed E-state index contributed by atoms with van der Waals surface area (Å²) in [6.45, 7) is 3.90. The molecule has 0 saturated carbocycles. The molecule has 1 heterocycles. The summed E-state index contributed by atoms with van der Waals surface area (Å²) in [6.07, 6.45) is -0.201. The third kappa shape index (κ3) is 3.19. The van der Waals surface area contributed by atoms with E-state index in [0.29, 0.717) is 28.5 Å². The number of hydrogen-bond acceptors (Lipinski definition) is 4. The fraction of sp³-hybridized carbons (Fsp3) is 0.533. The summed E-state index contributed by atoms with van der Waals surface area (Å²) in [4.78, 5) is 12.0. The van der Waals surface area contributed by atoms with Gasteiger partial charge < -0.3 is 14.2 Å². The fourth-order valence-corrected chi connectivity index (χ4v) is 2.96. The van der Waals surface area contributed by atoms with E-state index in [0.717, 1.165) is 0 Å². The molecule has 1 aliphatic rings. The predicted octanol–water partition coefficient (Wildman–Crippen LogP) is 4.14. The lowest BCUT2D eigenvalue weighted by Crippen LogP contribution is -2.32. The molecule has 21 heavy (non-hydrogen) atoms. The Morgan fingerprint density at radius 1 is 1.29 bits per heavy atom. The SMILES string of the molecule is CCC1(CC)OC(C(=O)OC)C(c2ccc(Cl)cc2Cl)O1. The molecule has 1 aliphatic heterocycles. The third-order valence-corrected chi connectivity index (χ3v) is 4.30. The van der Waals surface area contributed by atoms with Crippen LogP contribution in [0.25, 0.3) is 0 Å². The van der Waals surface area contributed by atoms with Gasteiger partial charge in [-0.05, 0) is 25.0 Å². The second-order valence-corrected chi connectivity index (χ2v) is 5.73. The first-order valence-corrected chi connectivity index (χ1v) is 7.60. The number of methoxy groups -OCH3 is 1. The van der Waals surface area contributed by atoms with Crippen LogP contribution in [-0.2, 0) is 19.0 Å². The van der Waals surface area contributed by atoms with Crippen molar-refractivity contribution < 1.29 is 19.0 Å². The lowest BCUT2D eigenvalue weighted by Gasteiger charge is -2.25. The average Bonchev–Trinajstić information content (AvgIpc) is 2.87. The molecule has 1 aromatic carbocycles. The van der Waals surface area contributed by atoms with Crippen molar-refractivity contribution in [3.63, 3.8) is 0 Å². The maximum absolute atomic E-state index is 12.0. The number of carbonyl (C=O) groups excluding carboxylic acids is 1. The van der Waals surface area contributed by atoms with Gasteiger partial charge in [0.1, 0.15) is 6.10 Å². The Hall–Kier alpha value is -0.810. The molecule has 2 atom stereocenters. The summed E-state index contributed by atoms with van der Waals surface area (Å²) in [6, 6.07) is 5.07. The highest BCUT2D eigenvalue weighted by Gasteiger charge is 2.50. The zero-order chi connectivity index (χ0) is 15.6. The van der Waals surface area contributed by atoms with Crippen LogP contribution < -0.4 is 0 Å². The smallest absolute Gasteiger partial charge is 0.338 e. The molecule has 0 aliphatic carbocycles. The van der Waals surface area contributed by atoms with Crippen molar-refractivity contribution in [3.05, 3.63) is 33.8 Å². The van der Waals surface area contributed by atoms with Gasteiger partial charge in [0.15, 0.2) is 11.9 Å². The van der Waals surface area contributed by atoms with Crippen molar-refractivity contribution in [2.75, 3.05) is 7.11 Å². The van der Waals surface area contributed by atoms with Gasteiger partial charge in [-0.2, -0.15) is 0 Å². The maximum atomic E-state index is 12.0. The topological polar surface area (TPSA) is 44.8 Å². The maximum Gasteiger partial charge on any atom is 0.338 e. The van der Waals surface area contributed by atoms with Crippen molar-refractivity contribution in [1.29, 1.82) is 0 Å². The Labute approximate surface area is 134 Å². The molecule has 0 spiro atoms. The number of esters is 1. The van der Waals surface area contributed by atoms with Crippen molar-refractivity contribution in [1.82, 2.24) is 0 Å². The molecule has 2 rings (SSSR count). The van der Waals surface area contributed by atoms with E-state index >= 15 is 0 Å². The van der Waals surface area contributed by atoms with E-state index in [-0.39, 0.29) is 0 Å². The van der Waals surface area contributed by atoms with Gasteiger partial charge in [-0.15, -0.1) is 0 Å². The van der Waals surface area contributed by atoms with E-state index in [2.05, 4.69) is 0 Å². The van der Waals surface area contributed by atoms with Gasteiger partial charge in [-0.1, -0.05) is 43.1 Å². The zero-order valence-electron chi connectivity index (χ0n) is 12.2. The van der Waals surface area contributed by atoms with Crippen molar-refractivity contribution in [3.8, 4) is 0 Å². The summed E-state index contributed by atoms with van der Waals surface area (Å²) in [5.41, 5.74) is 0.667. The standard InChI is InChI=1S/C15H18Cl2O4/c1-4-15(5-2)20-12(13(21-15)14(18)19-3)10-7-6-9(16)8-11(10)17/h6-8,12-13H,4-5H2,1-3H3. The van der Waals surface area contributed by atoms with Crippen LogP contribution in [0.3, 0.4) is 0 Å². The highest BCUT2D eigenvalue weighted by molar-refractivity contribution is 6.35. The van der Waals surface area contributed by atoms with Crippen LogP contribution in [-0.4, -0.2) is 25.0 Å². The van der Waals surface area contributed by atoms with Gasteiger partial charge in [0.05, 0.1) is 7.11 Å². The van der Waals surface area contributed by atoms with Gasteiger partial charge in [-0.25, -0.2) is 4.79 Å². The first kappa shape index (κ1) is 16.6. The number of carbonyl (C=O) groups is 1. The molecule has 1 fully saturated rings. The summed E-state index contributed by atoms with van der Waals surface area (Å²) < 4.78 is 16.7. The highest BCUT2D eigenvalue weighted by Crippen LogP contribution is 2.44. The van der Waals surface area contributed by atoms with Crippen molar-refractivity contribution >= 4 is 29.2 Å². The molecular formula is C15H18Cl2O4. The molecular weight excluding hydrogens is 315 g/mol. The number of halogens is 2. The Bertz CT molecular complexity index is 528. The Balaban J connectivity index is 2.40. The molecule has 1 saturated heterocycles. The number of rotatable bonds is 4. The van der Waals surface area contributed by atoms with E-state index in [9.17, 15) is 4.79 Å². The molecule has 0 amide bonds. The van der Waals surface area contributed by atoms with Crippen LogP contribution in [0.5, 0.6) is 0 Å². The zero-order valence-corrected chi connectivity index (χ0v) is 13.7. The van der Waals surface area contributed by atoms with Gasteiger partial charge in [0.2, 0.25) is 0 Å². The van der Waals surface area contributed by atoms with Crippen LogP contribution >= 0.6 is 23.2 Å². The van der Waals surface area contributed by atoms with E-state index in [1.54, 1.807) is 18.2 Å². The summed E-state index contributed by atoms with van der Waals surface area (Å²) in [5.74, 6) is -1.28.